The molecule has 0 saturated heterocycles. The Morgan fingerprint density at radius 1 is 1.30 bits per heavy atom. The Hall–Kier alpha value is -1.25. The lowest BCUT2D eigenvalue weighted by molar-refractivity contribution is 0.0199. The fraction of sp³-hybridized carbons (Fsp3) is 0.500. The Balaban J connectivity index is 2.70. The molecule has 0 saturated carbocycles. The molecule has 0 unspecified atom stereocenters. The van der Waals surface area contributed by atoms with Crippen molar-refractivity contribution >= 4 is 15.7 Å². The van der Waals surface area contributed by atoms with Crippen LogP contribution in [0.15, 0.2) is 17.0 Å². The van der Waals surface area contributed by atoms with E-state index in [2.05, 4.69) is 9.46 Å². The SMILES string of the molecule is Cc1cc(N)cc(C)c1S(=O)(=O)NCCOCC(F)F. The highest BCUT2D eigenvalue weighted by molar-refractivity contribution is 7.89. The number of alkyl halides is 2. The molecule has 0 fully saturated rings. The predicted octanol–water partition coefficient (Wildman–Crippen LogP) is 1.45. The molecule has 8 heteroatoms. The highest BCUT2D eigenvalue weighted by Gasteiger charge is 2.19. The molecule has 114 valence electrons. The minimum Gasteiger partial charge on any atom is -0.399 e. The van der Waals surface area contributed by atoms with E-state index in [9.17, 15) is 17.2 Å². The Labute approximate surface area is 117 Å². The summed E-state index contributed by atoms with van der Waals surface area (Å²) in [6.45, 7) is 2.40. The van der Waals surface area contributed by atoms with Gasteiger partial charge in [-0.2, -0.15) is 0 Å². The molecule has 0 aliphatic rings. The van der Waals surface area contributed by atoms with Gasteiger partial charge in [0.2, 0.25) is 10.0 Å². The van der Waals surface area contributed by atoms with Gasteiger partial charge in [0.25, 0.3) is 6.43 Å². The zero-order valence-electron chi connectivity index (χ0n) is 11.3. The number of sulfonamides is 1. The smallest absolute Gasteiger partial charge is 0.261 e. The number of hydrogen-bond acceptors (Lipinski definition) is 4. The molecule has 0 radical (unpaired) electrons. The molecule has 0 spiro atoms. The van der Waals surface area contributed by atoms with E-state index in [1.165, 1.54) is 0 Å². The van der Waals surface area contributed by atoms with E-state index in [0.29, 0.717) is 16.8 Å². The number of anilines is 1. The standard InChI is InChI=1S/C12H18F2N2O3S/c1-8-5-10(15)6-9(2)12(8)20(17,18)16-3-4-19-7-11(13)14/h5-6,11,16H,3-4,7,15H2,1-2H3. The monoisotopic (exact) mass is 308 g/mol. The largest absolute Gasteiger partial charge is 0.399 e. The number of ether oxygens (including phenoxy) is 1. The molecule has 0 bridgehead atoms. The summed E-state index contributed by atoms with van der Waals surface area (Å²) < 4.78 is 54.8. The summed E-state index contributed by atoms with van der Waals surface area (Å²) >= 11 is 0. The first-order chi connectivity index (χ1) is 9.24. The molecule has 5 nitrogen and oxygen atoms in total. The van der Waals surface area contributed by atoms with Crippen LogP contribution in [0.2, 0.25) is 0 Å². The lowest BCUT2D eigenvalue weighted by Gasteiger charge is -2.13. The van der Waals surface area contributed by atoms with E-state index >= 15 is 0 Å². The third-order valence-electron chi connectivity index (χ3n) is 2.53. The van der Waals surface area contributed by atoms with Crippen molar-refractivity contribution in [1.29, 1.82) is 0 Å². The van der Waals surface area contributed by atoms with Crippen molar-refractivity contribution in [3.63, 3.8) is 0 Å². The van der Waals surface area contributed by atoms with Gasteiger partial charge in [0, 0.05) is 12.2 Å². The molecule has 3 N–H and O–H groups in total. The maximum Gasteiger partial charge on any atom is 0.261 e. The molecule has 0 heterocycles. The molecule has 0 amide bonds. The maximum absolute atomic E-state index is 12.1. The van der Waals surface area contributed by atoms with E-state index in [-0.39, 0.29) is 18.0 Å². The second-order valence-electron chi connectivity index (χ2n) is 4.35. The first-order valence-electron chi connectivity index (χ1n) is 5.96. The summed E-state index contributed by atoms with van der Waals surface area (Å²) in [5.41, 5.74) is 7.18. The molecular formula is C12H18F2N2O3S. The van der Waals surface area contributed by atoms with Crippen LogP contribution in [0.25, 0.3) is 0 Å². The minimum absolute atomic E-state index is 0.0711. The van der Waals surface area contributed by atoms with Crippen LogP contribution < -0.4 is 10.5 Å². The lowest BCUT2D eigenvalue weighted by Crippen LogP contribution is -2.29. The van der Waals surface area contributed by atoms with Gasteiger partial charge >= 0.3 is 0 Å². The van der Waals surface area contributed by atoms with Crippen molar-refractivity contribution < 1.29 is 21.9 Å². The van der Waals surface area contributed by atoms with Gasteiger partial charge < -0.3 is 10.5 Å². The van der Waals surface area contributed by atoms with Gasteiger partial charge in [-0.1, -0.05) is 0 Å². The average Bonchev–Trinajstić information content (AvgIpc) is 2.25. The zero-order valence-corrected chi connectivity index (χ0v) is 12.1. The Kier molecular flexibility index (Phi) is 5.85. The van der Waals surface area contributed by atoms with E-state index in [1.807, 2.05) is 0 Å². The van der Waals surface area contributed by atoms with Crippen LogP contribution in [0.3, 0.4) is 0 Å². The van der Waals surface area contributed by atoms with Gasteiger partial charge in [-0.3, -0.25) is 0 Å². The summed E-state index contributed by atoms with van der Waals surface area (Å²) in [7, 11) is -3.71. The topological polar surface area (TPSA) is 81.4 Å². The molecule has 0 aliphatic carbocycles. The van der Waals surface area contributed by atoms with Crippen LogP contribution in [0.5, 0.6) is 0 Å². The second kappa shape index (κ2) is 6.96. The van der Waals surface area contributed by atoms with Gasteiger partial charge in [0.1, 0.15) is 6.61 Å². The number of halogens is 2. The van der Waals surface area contributed by atoms with E-state index < -0.39 is 23.1 Å². The second-order valence-corrected chi connectivity index (χ2v) is 6.05. The van der Waals surface area contributed by atoms with Gasteiger partial charge in [-0.25, -0.2) is 21.9 Å². The first-order valence-corrected chi connectivity index (χ1v) is 7.44. The number of nitrogen functional groups attached to an aromatic ring is 1. The lowest BCUT2D eigenvalue weighted by atomic mass is 10.1. The predicted molar refractivity (Wildman–Crippen MR) is 72.3 cm³/mol. The van der Waals surface area contributed by atoms with Gasteiger partial charge in [-0.15, -0.1) is 0 Å². The number of nitrogens with two attached hydrogens (primary N) is 1. The molecule has 0 aromatic heterocycles. The van der Waals surface area contributed by atoms with Gasteiger partial charge in [0.05, 0.1) is 11.5 Å². The number of rotatable bonds is 7. The fourth-order valence-electron chi connectivity index (χ4n) is 1.90. The quantitative estimate of drug-likeness (QED) is 0.590. The molecule has 1 aromatic rings. The first kappa shape index (κ1) is 16.8. The molecule has 1 aromatic carbocycles. The summed E-state index contributed by atoms with van der Waals surface area (Å²) in [5.74, 6) is 0. The summed E-state index contributed by atoms with van der Waals surface area (Å²) in [4.78, 5) is 0.153. The van der Waals surface area contributed by atoms with Gasteiger partial charge in [-0.05, 0) is 37.1 Å². The van der Waals surface area contributed by atoms with Crippen LogP contribution >= 0.6 is 0 Å². The molecule has 0 atom stereocenters. The number of nitrogens with one attached hydrogen (secondary N) is 1. The van der Waals surface area contributed by atoms with Crippen molar-refractivity contribution in [3.8, 4) is 0 Å². The summed E-state index contributed by atoms with van der Waals surface area (Å²) in [5, 5.41) is 0. The van der Waals surface area contributed by atoms with Crippen molar-refractivity contribution in [2.24, 2.45) is 0 Å². The minimum atomic E-state index is -3.71. The van der Waals surface area contributed by atoms with Crippen molar-refractivity contribution in [1.82, 2.24) is 4.72 Å². The maximum atomic E-state index is 12.1. The molecule has 1 rings (SSSR count). The van der Waals surface area contributed by atoms with Crippen LogP contribution in [0.1, 0.15) is 11.1 Å². The van der Waals surface area contributed by atoms with E-state index in [1.54, 1.807) is 26.0 Å². The molecule has 0 aliphatic heterocycles. The summed E-state index contributed by atoms with van der Waals surface area (Å²) in [6.07, 6.45) is -2.56. The third-order valence-corrected chi connectivity index (χ3v) is 4.30. The molecular weight excluding hydrogens is 290 g/mol. The number of hydrogen-bond donors (Lipinski definition) is 2. The van der Waals surface area contributed by atoms with Gasteiger partial charge in [0.15, 0.2) is 0 Å². The normalized spacial score (nSPS) is 12.1. The van der Waals surface area contributed by atoms with Crippen LogP contribution in [-0.4, -0.2) is 34.6 Å². The van der Waals surface area contributed by atoms with Crippen molar-refractivity contribution in [2.75, 3.05) is 25.5 Å². The fourth-order valence-corrected chi connectivity index (χ4v) is 3.36. The Morgan fingerprint density at radius 2 is 1.85 bits per heavy atom. The highest BCUT2D eigenvalue weighted by Crippen LogP contribution is 2.22. The van der Waals surface area contributed by atoms with Crippen LogP contribution in [0, 0.1) is 13.8 Å². The average molecular weight is 308 g/mol. The van der Waals surface area contributed by atoms with E-state index in [4.69, 9.17) is 5.73 Å². The Morgan fingerprint density at radius 3 is 2.35 bits per heavy atom. The molecule has 20 heavy (non-hydrogen) atoms. The Bertz CT molecular complexity index is 539. The van der Waals surface area contributed by atoms with Crippen LogP contribution in [0.4, 0.5) is 14.5 Å². The van der Waals surface area contributed by atoms with Crippen molar-refractivity contribution in [2.45, 2.75) is 25.2 Å². The highest BCUT2D eigenvalue weighted by atomic mass is 32.2. The van der Waals surface area contributed by atoms with E-state index in [0.717, 1.165) is 0 Å². The summed E-state index contributed by atoms with van der Waals surface area (Å²) in [6, 6.07) is 3.13. The number of benzene rings is 1. The third kappa shape index (κ3) is 4.69. The number of aryl methyl sites for hydroxylation is 2. The zero-order chi connectivity index (χ0) is 15.3. The van der Waals surface area contributed by atoms with Crippen molar-refractivity contribution in [3.05, 3.63) is 23.3 Å². The van der Waals surface area contributed by atoms with Crippen LogP contribution in [-0.2, 0) is 14.8 Å².